The number of esters is 1. The van der Waals surface area contributed by atoms with Crippen LogP contribution in [0.4, 0.5) is 0 Å². The Morgan fingerprint density at radius 2 is 0.810 bits per heavy atom. The third-order valence-electron chi connectivity index (χ3n) is 11.7. The molecule has 342 valence electrons. The van der Waals surface area contributed by atoms with E-state index < -0.39 is 12.1 Å². The first kappa shape index (κ1) is 56.3. The van der Waals surface area contributed by atoms with Gasteiger partial charge in [-0.25, -0.2) is 0 Å². The van der Waals surface area contributed by atoms with E-state index in [9.17, 15) is 19.8 Å². The minimum Gasteiger partial charge on any atom is -0.466 e. The number of carbonyl (C=O) groups is 2. The maximum Gasteiger partial charge on any atom is 0.305 e. The van der Waals surface area contributed by atoms with Crippen molar-refractivity contribution >= 4 is 11.9 Å². The summed E-state index contributed by atoms with van der Waals surface area (Å²) in [6.45, 7) is 4.89. The number of hydrogen-bond donors (Lipinski definition) is 3. The maximum absolute atomic E-state index is 12.4. The van der Waals surface area contributed by atoms with Crippen LogP contribution in [0.15, 0.2) is 24.3 Å². The molecule has 0 bridgehead atoms. The number of allylic oxidation sites excluding steroid dienone is 4. The quantitative estimate of drug-likeness (QED) is 0.0323. The number of unbranched alkanes of at least 4 members (excludes halogenated alkanes) is 32. The lowest BCUT2D eigenvalue weighted by atomic mass is 10.0. The zero-order chi connectivity index (χ0) is 42.3. The molecule has 2 unspecified atom stereocenters. The summed E-state index contributed by atoms with van der Waals surface area (Å²) in [7, 11) is 0. The monoisotopic (exact) mass is 818 g/mol. The summed E-state index contributed by atoms with van der Waals surface area (Å²) in [6.07, 6.45) is 55.7. The summed E-state index contributed by atoms with van der Waals surface area (Å²) in [5.41, 5.74) is 0. The van der Waals surface area contributed by atoms with E-state index >= 15 is 0 Å². The molecular formula is C52H99NO5. The van der Waals surface area contributed by atoms with Gasteiger partial charge in [0.25, 0.3) is 0 Å². The topological polar surface area (TPSA) is 95.9 Å². The Morgan fingerprint density at radius 3 is 1.26 bits per heavy atom. The molecule has 0 spiro atoms. The fourth-order valence-corrected chi connectivity index (χ4v) is 7.74. The van der Waals surface area contributed by atoms with E-state index in [-0.39, 0.29) is 18.5 Å². The average Bonchev–Trinajstić information content (AvgIpc) is 3.22. The summed E-state index contributed by atoms with van der Waals surface area (Å²) in [5, 5.41) is 23.2. The van der Waals surface area contributed by atoms with Gasteiger partial charge < -0.3 is 20.3 Å². The number of rotatable bonds is 47. The van der Waals surface area contributed by atoms with Crippen molar-refractivity contribution in [2.45, 2.75) is 283 Å². The number of carbonyl (C=O) groups excluding carboxylic acids is 2. The van der Waals surface area contributed by atoms with Crippen molar-refractivity contribution in [2.75, 3.05) is 13.2 Å². The van der Waals surface area contributed by atoms with Gasteiger partial charge in [0.05, 0.1) is 25.4 Å². The highest BCUT2D eigenvalue weighted by molar-refractivity contribution is 5.76. The predicted molar refractivity (Wildman–Crippen MR) is 250 cm³/mol. The van der Waals surface area contributed by atoms with Crippen molar-refractivity contribution in [1.29, 1.82) is 0 Å². The third kappa shape index (κ3) is 43.9. The van der Waals surface area contributed by atoms with Gasteiger partial charge in [0.15, 0.2) is 0 Å². The van der Waals surface area contributed by atoms with Crippen molar-refractivity contribution < 1.29 is 24.5 Å². The number of hydrogen-bond acceptors (Lipinski definition) is 5. The van der Waals surface area contributed by atoms with Crippen LogP contribution in [0.3, 0.4) is 0 Å². The van der Waals surface area contributed by atoms with Gasteiger partial charge in [-0.1, -0.05) is 205 Å². The minimum atomic E-state index is -0.673. The van der Waals surface area contributed by atoms with Gasteiger partial charge in [-0.05, 0) is 77.0 Å². The van der Waals surface area contributed by atoms with Gasteiger partial charge in [0, 0.05) is 12.8 Å². The smallest absolute Gasteiger partial charge is 0.305 e. The molecule has 0 aromatic heterocycles. The van der Waals surface area contributed by atoms with E-state index in [0.717, 1.165) is 70.6 Å². The van der Waals surface area contributed by atoms with E-state index in [2.05, 4.69) is 43.5 Å². The molecule has 0 aromatic rings. The van der Waals surface area contributed by atoms with Crippen molar-refractivity contribution in [3.63, 3.8) is 0 Å². The number of amides is 1. The largest absolute Gasteiger partial charge is 0.466 e. The molecule has 0 aliphatic heterocycles. The standard InChI is InChI=1S/C52H99NO5/c1-3-5-7-9-11-13-15-17-21-24-28-32-36-40-44-50(55)49(48-54)53-51(56)45-41-37-33-29-25-22-19-18-20-23-27-31-35-39-43-47-58-52(57)46-42-38-34-30-26-16-14-12-10-8-6-4-2/h12,14,20,23,49-50,54-55H,3-11,13,15-19,21-22,24-48H2,1-2H3,(H,53,56)/b14-12-,23-20-. The summed E-state index contributed by atoms with van der Waals surface area (Å²) >= 11 is 0. The molecule has 58 heavy (non-hydrogen) atoms. The van der Waals surface area contributed by atoms with E-state index in [4.69, 9.17) is 4.74 Å². The second-order valence-corrected chi connectivity index (χ2v) is 17.5. The zero-order valence-corrected chi connectivity index (χ0v) is 38.8. The molecule has 0 aliphatic rings. The summed E-state index contributed by atoms with van der Waals surface area (Å²) in [4.78, 5) is 24.4. The number of ether oxygens (including phenoxy) is 1. The van der Waals surface area contributed by atoms with Gasteiger partial charge in [-0.15, -0.1) is 0 Å². The molecule has 0 saturated heterocycles. The molecule has 0 fully saturated rings. The average molecular weight is 818 g/mol. The number of aliphatic hydroxyl groups is 2. The Labute approximate surface area is 361 Å². The van der Waals surface area contributed by atoms with Crippen LogP contribution in [0.25, 0.3) is 0 Å². The van der Waals surface area contributed by atoms with Gasteiger partial charge in [0.2, 0.25) is 5.91 Å². The highest BCUT2D eigenvalue weighted by Gasteiger charge is 2.20. The van der Waals surface area contributed by atoms with Gasteiger partial charge in [-0.3, -0.25) is 9.59 Å². The summed E-state index contributed by atoms with van der Waals surface area (Å²) in [6, 6.07) is -0.552. The van der Waals surface area contributed by atoms with Crippen molar-refractivity contribution in [3.8, 4) is 0 Å². The minimum absolute atomic E-state index is 0.0204. The van der Waals surface area contributed by atoms with Gasteiger partial charge >= 0.3 is 5.97 Å². The highest BCUT2D eigenvalue weighted by atomic mass is 16.5. The third-order valence-corrected chi connectivity index (χ3v) is 11.7. The number of nitrogens with one attached hydrogen (secondary N) is 1. The first-order valence-electron chi connectivity index (χ1n) is 25.6. The second-order valence-electron chi connectivity index (χ2n) is 17.5. The molecule has 6 nitrogen and oxygen atoms in total. The first-order chi connectivity index (χ1) is 28.5. The Kier molecular flexibility index (Phi) is 46.6. The van der Waals surface area contributed by atoms with Crippen LogP contribution < -0.4 is 5.32 Å². The van der Waals surface area contributed by atoms with E-state index in [0.29, 0.717) is 25.9 Å². The molecular weight excluding hydrogens is 719 g/mol. The Bertz CT molecular complexity index is 904. The summed E-state index contributed by atoms with van der Waals surface area (Å²) in [5.74, 6) is -0.0709. The van der Waals surface area contributed by atoms with Crippen LogP contribution in [0.1, 0.15) is 271 Å². The molecule has 0 aromatic carbocycles. The highest BCUT2D eigenvalue weighted by Crippen LogP contribution is 2.16. The Balaban J connectivity index is 3.49. The molecule has 0 rings (SSSR count). The number of aliphatic hydroxyl groups excluding tert-OH is 2. The van der Waals surface area contributed by atoms with Crippen LogP contribution in [0.5, 0.6) is 0 Å². The molecule has 3 N–H and O–H groups in total. The van der Waals surface area contributed by atoms with Gasteiger partial charge in [0.1, 0.15) is 0 Å². The van der Waals surface area contributed by atoms with Crippen LogP contribution in [-0.4, -0.2) is 47.4 Å². The lowest BCUT2D eigenvalue weighted by Gasteiger charge is -2.22. The Morgan fingerprint density at radius 1 is 0.466 bits per heavy atom. The lowest BCUT2D eigenvalue weighted by Crippen LogP contribution is -2.45. The zero-order valence-electron chi connectivity index (χ0n) is 38.8. The fourth-order valence-electron chi connectivity index (χ4n) is 7.74. The van der Waals surface area contributed by atoms with Crippen LogP contribution >= 0.6 is 0 Å². The van der Waals surface area contributed by atoms with Crippen molar-refractivity contribution in [2.24, 2.45) is 0 Å². The molecule has 6 heteroatoms. The molecule has 0 heterocycles. The normalized spacial score (nSPS) is 12.8. The van der Waals surface area contributed by atoms with Gasteiger partial charge in [-0.2, -0.15) is 0 Å². The fraction of sp³-hybridized carbons (Fsp3) is 0.885. The predicted octanol–water partition coefficient (Wildman–Crippen LogP) is 15.1. The van der Waals surface area contributed by atoms with Crippen LogP contribution in [0.2, 0.25) is 0 Å². The lowest BCUT2D eigenvalue weighted by molar-refractivity contribution is -0.143. The molecule has 0 saturated carbocycles. The van der Waals surface area contributed by atoms with E-state index in [1.807, 2.05) is 0 Å². The molecule has 1 amide bonds. The van der Waals surface area contributed by atoms with Crippen LogP contribution in [-0.2, 0) is 14.3 Å². The summed E-state index contributed by atoms with van der Waals surface area (Å²) < 4.78 is 5.43. The maximum atomic E-state index is 12.4. The molecule has 0 aliphatic carbocycles. The first-order valence-corrected chi connectivity index (χ1v) is 25.6. The Hall–Kier alpha value is -1.66. The molecule has 0 radical (unpaired) electrons. The van der Waals surface area contributed by atoms with Crippen molar-refractivity contribution in [1.82, 2.24) is 5.32 Å². The van der Waals surface area contributed by atoms with E-state index in [1.165, 1.54) is 167 Å². The SMILES string of the molecule is CCCCC/C=C\CCCCCCCC(=O)OCCCCCC/C=C\CCCCCCCCCC(=O)NC(CO)C(O)CCCCCCCCCCCCCCCC. The van der Waals surface area contributed by atoms with E-state index in [1.54, 1.807) is 0 Å². The second kappa shape index (κ2) is 48.0. The van der Waals surface area contributed by atoms with Crippen LogP contribution in [0, 0.1) is 0 Å². The van der Waals surface area contributed by atoms with Crippen molar-refractivity contribution in [3.05, 3.63) is 24.3 Å². The molecule has 2 atom stereocenters.